The van der Waals surface area contributed by atoms with E-state index >= 15 is 0 Å². The number of hydrogen-bond acceptors (Lipinski definition) is 4. The van der Waals surface area contributed by atoms with E-state index in [1.807, 2.05) is 83.1 Å². The smallest absolute Gasteiger partial charge is 0.193 e. The number of methoxy groups -OCH3 is 1. The van der Waals surface area contributed by atoms with Crippen LogP contribution >= 0.6 is 0 Å². The molecule has 0 aliphatic carbocycles. The standard InChI is InChI=1S/C27H30O4/c1-26(2,3)31-24-17-15-23(16-18-24)30-22-13-9-20(10-14-22)25(28)19-7-11-21(12-8-19)27(4,5)29-6/h7-18H,1-6H3. The zero-order chi connectivity index (χ0) is 22.6. The number of ketones is 1. The molecule has 0 bridgehead atoms. The summed E-state index contributed by atoms with van der Waals surface area (Å²) in [5.74, 6) is 2.13. The van der Waals surface area contributed by atoms with E-state index in [0.29, 0.717) is 22.6 Å². The van der Waals surface area contributed by atoms with Crippen LogP contribution in [0.4, 0.5) is 0 Å². The summed E-state index contributed by atoms with van der Waals surface area (Å²) in [6.45, 7) is 10.0. The average Bonchev–Trinajstić information content (AvgIpc) is 2.74. The van der Waals surface area contributed by atoms with Gasteiger partial charge in [0.1, 0.15) is 22.8 Å². The molecule has 0 heterocycles. The molecule has 0 fully saturated rings. The Kier molecular flexibility index (Phi) is 6.51. The van der Waals surface area contributed by atoms with Gasteiger partial charge in [0.2, 0.25) is 0 Å². The van der Waals surface area contributed by atoms with Crippen molar-refractivity contribution < 1.29 is 19.0 Å². The van der Waals surface area contributed by atoms with E-state index in [1.165, 1.54) is 0 Å². The van der Waals surface area contributed by atoms with Gasteiger partial charge in [-0.3, -0.25) is 4.79 Å². The Morgan fingerprint density at radius 2 is 1.06 bits per heavy atom. The highest BCUT2D eigenvalue weighted by molar-refractivity contribution is 6.09. The number of hydrogen-bond donors (Lipinski definition) is 0. The summed E-state index contributed by atoms with van der Waals surface area (Å²) in [5.41, 5.74) is 1.64. The van der Waals surface area contributed by atoms with Gasteiger partial charge in [-0.2, -0.15) is 0 Å². The number of carbonyl (C=O) groups is 1. The Morgan fingerprint density at radius 1 is 0.645 bits per heavy atom. The minimum Gasteiger partial charge on any atom is -0.488 e. The van der Waals surface area contributed by atoms with Crippen molar-refractivity contribution in [2.45, 2.75) is 45.8 Å². The zero-order valence-corrected chi connectivity index (χ0v) is 19.1. The second kappa shape index (κ2) is 8.94. The van der Waals surface area contributed by atoms with Crippen LogP contribution in [0.15, 0.2) is 72.8 Å². The molecule has 31 heavy (non-hydrogen) atoms. The zero-order valence-electron chi connectivity index (χ0n) is 19.1. The Morgan fingerprint density at radius 3 is 1.52 bits per heavy atom. The summed E-state index contributed by atoms with van der Waals surface area (Å²) in [5, 5.41) is 0. The molecule has 0 aliphatic rings. The highest BCUT2D eigenvalue weighted by Gasteiger charge is 2.20. The quantitative estimate of drug-likeness (QED) is 0.397. The SMILES string of the molecule is COC(C)(C)c1ccc(C(=O)c2ccc(Oc3ccc(OC(C)(C)C)cc3)cc2)cc1. The predicted octanol–water partition coefficient (Wildman–Crippen LogP) is 6.77. The first-order valence-electron chi connectivity index (χ1n) is 10.3. The molecule has 0 N–H and O–H groups in total. The summed E-state index contributed by atoms with van der Waals surface area (Å²) in [6, 6.07) is 22.2. The second-order valence-corrected chi connectivity index (χ2v) is 8.93. The summed E-state index contributed by atoms with van der Waals surface area (Å²) >= 11 is 0. The first-order chi connectivity index (χ1) is 14.6. The summed E-state index contributed by atoms with van der Waals surface area (Å²) in [7, 11) is 1.68. The van der Waals surface area contributed by atoms with E-state index in [4.69, 9.17) is 14.2 Å². The van der Waals surface area contributed by atoms with Crippen LogP contribution in [0.5, 0.6) is 17.2 Å². The molecular formula is C27H30O4. The van der Waals surface area contributed by atoms with Gasteiger partial charge in [-0.1, -0.05) is 24.3 Å². The van der Waals surface area contributed by atoms with Crippen LogP contribution in [-0.4, -0.2) is 18.5 Å². The molecule has 4 heteroatoms. The maximum atomic E-state index is 12.8. The molecule has 0 atom stereocenters. The monoisotopic (exact) mass is 418 g/mol. The van der Waals surface area contributed by atoms with Crippen molar-refractivity contribution in [3.8, 4) is 17.2 Å². The summed E-state index contributed by atoms with van der Waals surface area (Å²) < 4.78 is 17.2. The van der Waals surface area contributed by atoms with E-state index in [0.717, 1.165) is 11.3 Å². The van der Waals surface area contributed by atoms with Gasteiger partial charge < -0.3 is 14.2 Å². The minimum atomic E-state index is -0.391. The first-order valence-corrected chi connectivity index (χ1v) is 10.3. The lowest BCUT2D eigenvalue weighted by atomic mass is 9.95. The molecule has 0 aliphatic heterocycles. The highest BCUT2D eigenvalue weighted by Crippen LogP contribution is 2.27. The molecule has 0 aromatic heterocycles. The van der Waals surface area contributed by atoms with Crippen LogP contribution in [-0.2, 0) is 10.3 Å². The van der Waals surface area contributed by atoms with Crippen LogP contribution in [0.2, 0.25) is 0 Å². The van der Waals surface area contributed by atoms with E-state index < -0.39 is 5.60 Å². The lowest BCUT2D eigenvalue weighted by Gasteiger charge is -2.23. The fourth-order valence-corrected chi connectivity index (χ4v) is 3.05. The Balaban J connectivity index is 1.66. The molecule has 0 saturated carbocycles. The van der Waals surface area contributed by atoms with Crippen molar-refractivity contribution in [1.82, 2.24) is 0 Å². The Hall–Kier alpha value is -3.11. The maximum absolute atomic E-state index is 12.8. The van der Waals surface area contributed by atoms with Gasteiger partial charge in [-0.15, -0.1) is 0 Å². The molecule has 162 valence electrons. The normalized spacial score (nSPS) is 11.8. The number of ether oxygens (including phenoxy) is 3. The molecule has 0 amide bonds. The lowest BCUT2D eigenvalue weighted by Crippen LogP contribution is -2.22. The van der Waals surface area contributed by atoms with E-state index in [-0.39, 0.29) is 11.4 Å². The summed E-state index contributed by atoms with van der Waals surface area (Å²) in [6.07, 6.45) is 0. The van der Waals surface area contributed by atoms with E-state index in [1.54, 1.807) is 31.4 Å². The highest BCUT2D eigenvalue weighted by atomic mass is 16.5. The molecule has 0 spiro atoms. The van der Waals surface area contributed by atoms with Crippen LogP contribution in [0.3, 0.4) is 0 Å². The molecule has 0 radical (unpaired) electrons. The van der Waals surface area contributed by atoms with Crippen LogP contribution in [0.25, 0.3) is 0 Å². The second-order valence-electron chi connectivity index (χ2n) is 8.93. The van der Waals surface area contributed by atoms with Crippen LogP contribution in [0, 0.1) is 0 Å². The topological polar surface area (TPSA) is 44.8 Å². The van der Waals surface area contributed by atoms with Crippen molar-refractivity contribution in [2.75, 3.05) is 7.11 Å². The molecule has 3 rings (SSSR count). The van der Waals surface area contributed by atoms with Gasteiger partial charge in [-0.25, -0.2) is 0 Å². The third-order valence-corrected chi connectivity index (χ3v) is 4.95. The van der Waals surface area contributed by atoms with Crippen LogP contribution in [0.1, 0.15) is 56.1 Å². The van der Waals surface area contributed by atoms with Crippen molar-refractivity contribution in [1.29, 1.82) is 0 Å². The fraction of sp³-hybridized carbons (Fsp3) is 0.296. The molecule has 3 aromatic rings. The Bertz CT molecular complexity index is 1010. The average molecular weight is 419 g/mol. The third-order valence-electron chi connectivity index (χ3n) is 4.95. The van der Waals surface area contributed by atoms with Crippen molar-refractivity contribution >= 4 is 5.78 Å². The largest absolute Gasteiger partial charge is 0.488 e. The van der Waals surface area contributed by atoms with Crippen molar-refractivity contribution in [3.63, 3.8) is 0 Å². The van der Waals surface area contributed by atoms with Crippen LogP contribution < -0.4 is 9.47 Å². The predicted molar refractivity (Wildman–Crippen MR) is 123 cm³/mol. The number of rotatable bonds is 7. The molecular weight excluding hydrogens is 388 g/mol. The maximum Gasteiger partial charge on any atom is 0.193 e. The van der Waals surface area contributed by atoms with Gasteiger partial charge >= 0.3 is 0 Å². The molecule has 0 saturated heterocycles. The van der Waals surface area contributed by atoms with E-state index in [2.05, 4.69) is 0 Å². The summed E-state index contributed by atoms with van der Waals surface area (Å²) in [4.78, 5) is 12.8. The van der Waals surface area contributed by atoms with Gasteiger partial charge in [-0.05, 0) is 88.7 Å². The molecule has 0 unspecified atom stereocenters. The Labute approximate surface area is 184 Å². The fourth-order valence-electron chi connectivity index (χ4n) is 3.05. The van der Waals surface area contributed by atoms with Crippen molar-refractivity contribution in [2.24, 2.45) is 0 Å². The lowest BCUT2D eigenvalue weighted by molar-refractivity contribution is 0.0192. The van der Waals surface area contributed by atoms with Gasteiger partial charge in [0.05, 0.1) is 5.60 Å². The van der Waals surface area contributed by atoms with Gasteiger partial charge in [0.15, 0.2) is 5.78 Å². The van der Waals surface area contributed by atoms with Crippen molar-refractivity contribution in [3.05, 3.63) is 89.5 Å². The molecule has 4 nitrogen and oxygen atoms in total. The van der Waals surface area contributed by atoms with Gasteiger partial charge in [0.25, 0.3) is 0 Å². The third kappa shape index (κ3) is 5.96. The minimum absolute atomic E-state index is 0.0306. The van der Waals surface area contributed by atoms with E-state index in [9.17, 15) is 4.79 Å². The number of benzene rings is 3. The first kappa shape index (κ1) is 22.6. The number of carbonyl (C=O) groups excluding carboxylic acids is 1. The van der Waals surface area contributed by atoms with Gasteiger partial charge in [0, 0.05) is 18.2 Å². The molecule has 3 aromatic carbocycles.